The lowest BCUT2D eigenvalue weighted by molar-refractivity contribution is -0.117. The Hall–Kier alpha value is -2.69. The van der Waals surface area contributed by atoms with Crippen molar-refractivity contribution in [2.24, 2.45) is 0 Å². The van der Waals surface area contributed by atoms with Crippen molar-refractivity contribution in [3.05, 3.63) is 116 Å². The number of allylic oxidation sites excluding steroid dienone is 1. The van der Waals surface area contributed by atoms with Crippen LogP contribution in [0.25, 0.3) is 16.8 Å². The molecule has 1 aliphatic carbocycles. The summed E-state index contributed by atoms with van der Waals surface area (Å²) in [6.45, 7) is 0. The van der Waals surface area contributed by atoms with Crippen molar-refractivity contribution in [2.45, 2.75) is 18.3 Å². The minimum atomic E-state index is -0.260. The highest BCUT2D eigenvalue weighted by atomic mass is 79.9. The highest BCUT2D eigenvalue weighted by Gasteiger charge is 2.42. The van der Waals surface area contributed by atoms with Crippen molar-refractivity contribution in [1.29, 1.82) is 0 Å². The summed E-state index contributed by atoms with van der Waals surface area (Å²) >= 11 is 7.25. The van der Waals surface area contributed by atoms with Gasteiger partial charge in [0.25, 0.3) is 0 Å². The molecule has 0 fully saturated rings. The zero-order chi connectivity index (χ0) is 21.8. The van der Waals surface area contributed by atoms with Crippen molar-refractivity contribution in [3.63, 3.8) is 0 Å². The van der Waals surface area contributed by atoms with Gasteiger partial charge in [0, 0.05) is 14.9 Å². The first kappa shape index (κ1) is 20.0. The van der Waals surface area contributed by atoms with E-state index in [2.05, 4.69) is 116 Å². The van der Waals surface area contributed by atoms with E-state index in [1.807, 2.05) is 6.07 Å². The Kier molecular flexibility index (Phi) is 4.81. The van der Waals surface area contributed by atoms with Crippen molar-refractivity contribution in [3.8, 4) is 0 Å². The van der Waals surface area contributed by atoms with Crippen LogP contribution in [0.1, 0.15) is 34.1 Å². The van der Waals surface area contributed by atoms with Crippen LogP contribution in [0.5, 0.6) is 0 Å². The lowest BCUT2D eigenvalue weighted by Crippen LogP contribution is -2.20. The van der Waals surface area contributed by atoms with E-state index < -0.39 is 0 Å². The van der Waals surface area contributed by atoms with Crippen LogP contribution in [0.15, 0.2) is 93.4 Å². The smallest absolute Gasteiger partial charge is 0.232 e. The Morgan fingerprint density at radius 2 is 1.59 bits per heavy atom. The SMILES string of the molecule is O=C1Nc2c(Br)cc(Br)cc2C1C1C(Cc2cccc3ccccc23)=Cc2ccccc21. The largest absolute Gasteiger partial charge is 0.324 e. The molecule has 0 saturated carbocycles. The first-order chi connectivity index (χ1) is 15.6. The fourth-order valence-corrected chi connectivity index (χ4v) is 6.64. The quantitative estimate of drug-likeness (QED) is 0.280. The van der Waals surface area contributed by atoms with Gasteiger partial charge in [0.2, 0.25) is 5.91 Å². The Bertz CT molecular complexity index is 1430. The molecule has 1 aliphatic heterocycles. The number of anilines is 1. The second-order valence-corrected chi connectivity index (χ2v) is 10.2. The second kappa shape index (κ2) is 7.72. The van der Waals surface area contributed by atoms with Gasteiger partial charge in [0.05, 0.1) is 11.6 Å². The minimum Gasteiger partial charge on any atom is -0.324 e. The molecule has 1 amide bonds. The van der Waals surface area contributed by atoms with Crippen LogP contribution in [-0.2, 0) is 11.2 Å². The Balaban J connectivity index is 1.49. The number of hydrogen-bond acceptors (Lipinski definition) is 1. The molecule has 6 rings (SSSR count). The van der Waals surface area contributed by atoms with Gasteiger partial charge < -0.3 is 5.32 Å². The molecule has 2 atom stereocenters. The Morgan fingerprint density at radius 3 is 2.50 bits per heavy atom. The zero-order valence-electron chi connectivity index (χ0n) is 17.1. The summed E-state index contributed by atoms with van der Waals surface area (Å²) < 4.78 is 1.87. The van der Waals surface area contributed by atoms with Gasteiger partial charge >= 0.3 is 0 Å². The van der Waals surface area contributed by atoms with Crippen LogP contribution in [-0.4, -0.2) is 5.91 Å². The fraction of sp³-hybridized carbons (Fsp3) is 0.107. The fourth-order valence-electron chi connectivity index (χ4n) is 5.28. The average Bonchev–Trinajstić information content (AvgIpc) is 3.30. The van der Waals surface area contributed by atoms with Crippen LogP contribution >= 0.6 is 31.9 Å². The van der Waals surface area contributed by atoms with Crippen molar-refractivity contribution >= 4 is 60.3 Å². The average molecular weight is 545 g/mol. The summed E-state index contributed by atoms with van der Waals surface area (Å²) in [6.07, 6.45) is 3.11. The molecule has 1 N–H and O–H groups in total. The number of rotatable bonds is 3. The third-order valence-corrected chi connectivity index (χ3v) is 7.71. The van der Waals surface area contributed by atoms with Crippen molar-refractivity contribution < 1.29 is 4.79 Å². The van der Waals surface area contributed by atoms with Gasteiger partial charge in [0.1, 0.15) is 0 Å². The highest BCUT2D eigenvalue weighted by Crippen LogP contribution is 2.52. The number of nitrogens with one attached hydrogen (secondary N) is 1. The summed E-state index contributed by atoms with van der Waals surface area (Å²) in [5, 5.41) is 5.65. The maximum atomic E-state index is 13.3. The van der Waals surface area contributed by atoms with E-state index in [-0.39, 0.29) is 17.7 Å². The van der Waals surface area contributed by atoms with Crippen molar-refractivity contribution in [1.82, 2.24) is 0 Å². The van der Waals surface area contributed by atoms with Gasteiger partial charge in [0.15, 0.2) is 0 Å². The third kappa shape index (κ3) is 3.16. The van der Waals surface area contributed by atoms with E-state index in [0.717, 1.165) is 26.6 Å². The van der Waals surface area contributed by atoms with E-state index in [0.29, 0.717) is 0 Å². The number of fused-ring (bicyclic) bond motifs is 3. The summed E-state index contributed by atoms with van der Waals surface area (Å²) in [6, 6.07) is 27.5. The Labute approximate surface area is 203 Å². The van der Waals surface area contributed by atoms with Crippen LogP contribution in [0, 0.1) is 0 Å². The molecular formula is C28H19Br2NO. The van der Waals surface area contributed by atoms with Gasteiger partial charge in [-0.05, 0) is 67.5 Å². The zero-order valence-corrected chi connectivity index (χ0v) is 20.3. The number of carbonyl (C=O) groups excluding carboxylic acids is 1. The Morgan fingerprint density at radius 1 is 0.812 bits per heavy atom. The molecule has 2 nitrogen and oxygen atoms in total. The van der Waals surface area contributed by atoms with Gasteiger partial charge in [-0.1, -0.05) is 94.3 Å². The number of amides is 1. The molecule has 0 radical (unpaired) electrons. The third-order valence-electron chi connectivity index (χ3n) is 6.63. The number of carbonyl (C=O) groups is 1. The molecule has 4 heteroatoms. The predicted octanol–water partition coefficient (Wildman–Crippen LogP) is 7.82. The van der Waals surface area contributed by atoms with Gasteiger partial charge in [-0.25, -0.2) is 0 Å². The highest BCUT2D eigenvalue weighted by molar-refractivity contribution is 9.11. The number of hydrogen-bond donors (Lipinski definition) is 1. The minimum absolute atomic E-state index is 0.00705. The van der Waals surface area contributed by atoms with Crippen LogP contribution in [0.3, 0.4) is 0 Å². The molecule has 2 unspecified atom stereocenters. The van der Waals surface area contributed by atoms with E-state index in [4.69, 9.17) is 0 Å². The molecule has 156 valence electrons. The molecule has 1 heterocycles. The normalized spacial score (nSPS) is 18.9. The topological polar surface area (TPSA) is 29.1 Å². The van der Waals surface area contributed by atoms with Crippen molar-refractivity contribution in [2.75, 3.05) is 5.32 Å². The lowest BCUT2D eigenvalue weighted by atomic mass is 9.78. The molecule has 0 spiro atoms. The van der Waals surface area contributed by atoms with Crippen LogP contribution in [0.2, 0.25) is 0 Å². The number of benzene rings is 4. The van der Waals surface area contributed by atoms with Gasteiger partial charge in [-0.2, -0.15) is 0 Å². The first-order valence-corrected chi connectivity index (χ1v) is 12.2. The molecular weight excluding hydrogens is 526 g/mol. The molecule has 4 aromatic carbocycles. The molecule has 0 bridgehead atoms. The van der Waals surface area contributed by atoms with Gasteiger partial charge in [-0.15, -0.1) is 0 Å². The molecule has 0 aromatic heterocycles. The van der Waals surface area contributed by atoms with Crippen LogP contribution < -0.4 is 5.32 Å². The number of halogens is 2. The predicted molar refractivity (Wildman–Crippen MR) is 138 cm³/mol. The molecule has 2 aliphatic rings. The molecule has 0 saturated heterocycles. The monoisotopic (exact) mass is 543 g/mol. The lowest BCUT2D eigenvalue weighted by Gasteiger charge is -2.23. The van der Waals surface area contributed by atoms with Crippen LogP contribution in [0.4, 0.5) is 5.69 Å². The van der Waals surface area contributed by atoms with E-state index in [1.54, 1.807) is 0 Å². The summed E-state index contributed by atoms with van der Waals surface area (Å²) in [5.74, 6) is -0.194. The maximum absolute atomic E-state index is 13.3. The van der Waals surface area contributed by atoms with Gasteiger partial charge in [-0.3, -0.25) is 4.79 Å². The first-order valence-electron chi connectivity index (χ1n) is 10.7. The summed E-state index contributed by atoms with van der Waals surface area (Å²) in [7, 11) is 0. The molecule has 32 heavy (non-hydrogen) atoms. The summed E-state index contributed by atoms with van der Waals surface area (Å²) in [4.78, 5) is 13.3. The van der Waals surface area contributed by atoms with E-state index in [9.17, 15) is 4.79 Å². The standard InChI is InChI=1S/C28H19Br2NO/c29-20-14-23-26(28(32)31-27(23)24(30)15-20)25-19(13-18-7-2-4-11-22(18)25)12-17-9-5-8-16-6-1-3-10-21(16)17/h1-11,13-15,25-26H,12H2,(H,31,32). The molecule has 4 aromatic rings. The second-order valence-electron chi connectivity index (χ2n) is 8.46. The summed E-state index contributed by atoms with van der Waals surface area (Å²) in [5.41, 5.74) is 6.95. The van der Waals surface area contributed by atoms with E-state index >= 15 is 0 Å². The maximum Gasteiger partial charge on any atom is 0.232 e. The van der Waals surface area contributed by atoms with E-state index in [1.165, 1.54) is 33.0 Å².